The molecule has 1 aliphatic carbocycles. The van der Waals surface area contributed by atoms with Gasteiger partial charge in [0.2, 0.25) is 6.10 Å². The standard InChI is InChI=1S/C15H16N2O6/c18-13(17-15(20)16-9-5-6-9)8-22-14(19)12-7-21-10-3-1-2-4-11(10)23-12/h1-4,9,12H,5-8H2,(H2,16,17,18,20)/t12-/m1/s1. The molecule has 1 atom stereocenters. The van der Waals surface area contributed by atoms with E-state index in [-0.39, 0.29) is 12.6 Å². The normalized spacial score (nSPS) is 18.7. The lowest BCUT2D eigenvalue weighted by atomic mass is 10.2. The third-order valence-electron chi connectivity index (χ3n) is 3.28. The van der Waals surface area contributed by atoms with Crippen LogP contribution in [0.2, 0.25) is 0 Å². The number of rotatable bonds is 4. The number of benzene rings is 1. The van der Waals surface area contributed by atoms with Crippen LogP contribution in [0.3, 0.4) is 0 Å². The topological polar surface area (TPSA) is 103 Å². The van der Waals surface area contributed by atoms with Crippen LogP contribution in [0.15, 0.2) is 24.3 Å². The molecule has 23 heavy (non-hydrogen) atoms. The molecule has 0 saturated heterocycles. The molecule has 3 amide bonds. The van der Waals surface area contributed by atoms with Crippen molar-refractivity contribution in [1.29, 1.82) is 0 Å². The third-order valence-corrected chi connectivity index (χ3v) is 3.28. The highest BCUT2D eigenvalue weighted by atomic mass is 16.6. The minimum atomic E-state index is -0.946. The monoisotopic (exact) mass is 320 g/mol. The van der Waals surface area contributed by atoms with E-state index in [2.05, 4.69) is 10.6 Å². The number of nitrogens with one attached hydrogen (secondary N) is 2. The van der Waals surface area contributed by atoms with Gasteiger partial charge in [-0.3, -0.25) is 10.1 Å². The quantitative estimate of drug-likeness (QED) is 0.776. The van der Waals surface area contributed by atoms with Gasteiger partial charge in [0.25, 0.3) is 5.91 Å². The number of urea groups is 1. The SMILES string of the molecule is O=C(COC(=O)[C@H]1COc2ccccc2O1)NC(=O)NC1CC1. The maximum absolute atomic E-state index is 11.9. The van der Waals surface area contributed by atoms with Gasteiger partial charge in [0.15, 0.2) is 18.1 Å². The second kappa shape index (κ2) is 6.55. The first-order valence-corrected chi connectivity index (χ1v) is 7.27. The second-order valence-corrected chi connectivity index (χ2v) is 5.27. The summed E-state index contributed by atoms with van der Waals surface area (Å²) >= 11 is 0. The summed E-state index contributed by atoms with van der Waals surface area (Å²) in [5.41, 5.74) is 0. The zero-order chi connectivity index (χ0) is 16.2. The molecule has 3 rings (SSSR count). The maximum atomic E-state index is 11.9. The van der Waals surface area contributed by atoms with Gasteiger partial charge in [0, 0.05) is 6.04 Å². The van der Waals surface area contributed by atoms with Gasteiger partial charge in [-0.15, -0.1) is 0 Å². The molecule has 122 valence electrons. The fourth-order valence-electron chi connectivity index (χ4n) is 1.98. The van der Waals surface area contributed by atoms with Crippen LogP contribution in [0.4, 0.5) is 4.79 Å². The molecule has 0 unspecified atom stereocenters. The summed E-state index contributed by atoms with van der Waals surface area (Å²) in [7, 11) is 0. The van der Waals surface area contributed by atoms with Crippen molar-refractivity contribution in [2.75, 3.05) is 13.2 Å². The first-order valence-electron chi connectivity index (χ1n) is 7.27. The van der Waals surface area contributed by atoms with Gasteiger partial charge in [-0.1, -0.05) is 12.1 Å². The Balaban J connectivity index is 1.42. The molecule has 1 aromatic carbocycles. The van der Waals surface area contributed by atoms with Crippen molar-refractivity contribution in [3.63, 3.8) is 0 Å². The number of imide groups is 1. The Kier molecular flexibility index (Phi) is 4.31. The zero-order valence-corrected chi connectivity index (χ0v) is 12.2. The van der Waals surface area contributed by atoms with Crippen LogP contribution in [-0.2, 0) is 14.3 Å². The number of hydrogen-bond acceptors (Lipinski definition) is 6. The average Bonchev–Trinajstić information content (AvgIpc) is 3.35. The molecule has 1 fully saturated rings. The Morgan fingerprint density at radius 2 is 1.91 bits per heavy atom. The minimum absolute atomic E-state index is 0.000365. The first-order chi connectivity index (χ1) is 11.1. The molecule has 0 spiro atoms. The number of ether oxygens (including phenoxy) is 3. The van der Waals surface area contributed by atoms with Crippen molar-refractivity contribution in [2.45, 2.75) is 25.0 Å². The summed E-state index contributed by atoms with van der Waals surface area (Å²) in [6.07, 6.45) is 0.881. The van der Waals surface area contributed by atoms with E-state index < -0.39 is 30.6 Å². The predicted octanol–water partition coefficient (Wildman–Crippen LogP) is 0.358. The van der Waals surface area contributed by atoms with E-state index in [1.165, 1.54) is 0 Å². The van der Waals surface area contributed by atoms with Crippen molar-refractivity contribution < 1.29 is 28.6 Å². The highest BCUT2D eigenvalue weighted by molar-refractivity contribution is 5.95. The molecule has 0 radical (unpaired) electrons. The predicted molar refractivity (Wildman–Crippen MR) is 77.0 cm³/mol. The molecule has 1 aromatic rings. The molecule has 1 saturated carbocycles. The Labute approximate surface area is 132 Å². The summed E-state index contributed by atoms with van der Waals surface area (Å²) in [5.74, 6) is -0.439. The highest BCUT2D eigenvalue weighted by Crippen LogP contribution is 2.31. The molecule has 2 N–H and O–H groups in total. The largest absolute Gasteiger partial charge is 0.485 e. The summed E-state index contributed by atoms with van der Waals surface area (Å²) in [6, 6.07) is 6.49. The van der Waals surface area contributed by atoms with Crippen LogP contribution >= 0.6 is 0 Å². The van der Waals surface area contributed by atoms with Crippen molar-refractivity contribution in [3.8, 4) is 11.5 Å². The number of esters is 1. The Morgan fingerprint density at radius 1 is 1.17 bits per heavy atom. The van der Waals surface area contributed by atoms with Crippen LogP contribution in [0.5, 0.6) is 11.5 Å². The minimum Gasteiger partial charge on any atom is -0.485 e. The maximum Gasteiger partial charge on any atom is 0.351 e. The fraction of sp³-hybridized carbons (Fsp3) is 0.400. The number of amides is 3. The van der Waals surface area contributed by atoms with Crippen LogP contribution < -0.4 is 20.1 Å². The lowest BCUT2D eigenvalue weighted by molar-refractivity contribution is -0.157. The van der Waals surface area contributed by atoms with E-state index in [0.717, 1.165) is 12.8 Å². The van der Waals surface area contributed by atoms with Crippen LogP contribution in [0.25, 0.3) is 0 Å². The van der Waals surface area contributed by atoms with Crippen LogP contribution in [-0.4, -0.2) is 43.3 Å². The van der Waals surface area contributed by atoms with Crippen molar-refractivity contribution in [1.82, 2.24) is 10.6 Å². The molecule has 1 heterocycles. The molecule has 0 aromatic heterocycles. The van der Waals surface area contributed by atoms with Gasteiger partial charge in [-0.2, -0.15) is 0 Å². The van der Waals surface area contributed by atoms with Crippen molar-refractivity contribution in [2.24, 2.45) is 0 Å². The first kappa shape index (κ1) is 15.1. The van der Waals surface area contributed by atoms with Gasteiger partial charge in [0.05, 0.1) is 0 Å². The van der Waals surface area contributed by atoms with Gasteiger partial charge in [0.1, 0.15) is 6.61 Å². The summed E-state index contributed by atoms with van der Waals surface area (Å²) in [4.78, 5) is 34.8. The second-order valence-electron chi connectivity index (χ2n) is 5.27. The fourth-order valence-corrected chi connectivity index (χ4v) is 1.98. The molecular weight excluding hydrogens is 304 g/mol. The van der Waals surface area contributed by atoms with Gasteiger partial charge in [-0.05, 0) is 25.0 Å². The molecule has 0 bridgehead atoms. The lowest BCUT2D eigenvalue weighted by Gasteiger charge is -2.24. The number of carbonyl (C=O) groups is 3. The van der Waals surface area contributed by atoms with E-state index in [0.29, 0.717) is 11.5 Å². The van der Waals surface area contributed by atoms with Crippen molar-refractivity contribution >= 4 is 17.9 Å². The van der Waals surface area contributed by atoms with E-state index in [4.69, 9.17) is 14.2 Å². The number of hydrogen-bond donors (Lipinski definition) is 2. The molecular formula is C15H16N2O6. The Morgan fingerprint density at radius 3 is 2.65 bits per heavy atom. The van der Waals surface area contributed by atoms with Gasteiger partial charge >= 0.3 is 12.0 Å². The number of carbonyl (C=O) groups excluding carboxylic acids is 3. The van der Waals surface area contributed by atoms with Crippen LogP contribution in [0, 0.1) is 0 Å². The van der Waals surface area contributed by atoms with Crippen molar-refractivity contribution in [3.05, 3.63) is 24.3 Å². The van der Waals surface area contributed by atoms with E-state index in [1.807, 2.05) is 0 Å². The molecule has 2 aliphatic rings. The summed E-state index contributed by atoms with van der Waals surface area (Å²) < 4.78 is 15.7. The number of fused-ring (bicyclic) bond motifs is 1. The molecule has 8 nitrogen and oxygen atoms in total. The van der Waals surface area contributed by atoms with Crippen LogP contribution in [0.1, 0.15) is 12.8 Å². The van der Waals surface area contributed by atoms with E-state index in [9.17, 15) is 14.4 Å². The Hall–Kier alpha value is -2.77. The average molecular weight is 320 g/mol. The smallest absolute Gasteiger partial charge is 0.351 e. The van der Waals surface area contributed by atoms with Gasteiger partial charge in [-0.25, -0.2) is 9.59 Å². The Bertz CT molecular complexity index is 628. The van der Waals surface area contributed by atoms with E-state index in [1.54, 1.807) is 24.3 Å². The number of para-hydroxylation sites is 2. The summed E-state index contributed by atoms with van der Waals surface area (Å²) in [5, 5.41) is 4.68. The highest BCUT2D eigenvalue weighted by Gasteiger charge is 2.29. The molecule has 1 aliphatic heterocycles. The van der Waals surface area contributed by atoms with E-state index >= 15 is 0 Å². The lowest BCUT2D eigenvalue weighted by Crippen LogP contribution is -2.44. The van der Waals surface area contributed by atoms with Gasteiger partial charge < -0.3 is 19.5 Å². The zero-order valence-electron chi connectivity index (χ0n) is 12.2. The molecule has 8 heteroatoms. The summed E-state index contributed by atoms with van der Waals surface area (Å²) in [6.45, 7) is -0.557. The third kappa shape index (κ3) is 4.12.